The first-order valence-electron chi connectivity index (χ1n) is 7.01. The molecule has 0 spiro atoms. The van der Waals surface area contributed by atoms with Gasteiger partial charge in [-0.3, -0.25) is 4.79 Å². The number of nitrogens with two attached hydrogens (primary N) is 1. The molecule has 0 radical (unpaired) electrons. The third-order valence-electron chi connectivity index (χ3n) is 3.25. The van der Waals surface area contributed by atoms with E-state index in [0.717, 1.165) is 5.69 Å². The van der Waals surface area contributed by atoms with Gasteiger partial charge in [-0.05, 0) is 54.2 Å². The highest BCUT2D eigenvalue weighted by atomic mass is 35.5. The van der Waals surface area contributed by atoms with Crippen LogP contribution in [0.3, 0.4) is 0 Å². The van der Waals surface area contributed by atoms with Crippen LogP contribution in [0.1, 0.15) is 10.8 Å². The number of aromatic nitrogens is 2. The minimum absolute atomic E-state index is 0.375. The average molecular weight is 412 g/mol. The first kappa shape index (κ1) is 18.1. The summed E-state index contributed by atoms with van der Waals surface area (Å²) in [4.78, 5) is 11.8. The summed E-state index contributed by atoms with van der Waals surface area (Å²) in [7, 11) is 0. The van der Waals surface area contributed by atoms with Crippen LogP contribution in [0.25, 0.3) is 5.69 Å². The molecular weight excluding hydrogens is 401 g/mol. The molecule has 2 N–H and O–H groups in total. The maximum atomic E-state index is 13.1. The third-order valence-corrected chi connectivity index (χ3v) is 6.09. The molecule has 0 fully saturated rings. The van der Waals surface area contributed by atoms with Crippen molar-refractivity contribution in [1.82, 2.24) is 9.78 Å². The number of carbonyl (C=O) groups excluding carboxylic acids is 1. The van der Waals surface area contributed by atoms with Gasteiger partial charge in [0.1, 0.15) is 11.1 Å². The number of primary amides is 1. The van der Waals surface area contributed by atoms with E-state index in [9.17, 15) is 9.18 Å². The Balaban J connectivity index is 1.90. The van der Waals surface area contributed by atoms with Gasteiger partial charge < -0.3 is 5.73 Å². The number of nitrogens with zero attached hydrogens (tertiary/aromatic N) is 2. The van der Waals surface area contributed by atoms with Gasteiger partial charge in [-0.1, -0.05) is 46.8 Å². The summed E-state index contributed by atoms with van der Waals surface area (Å²) in [5.41, 5.74) is 6.89. The Morgan fingerprint density at radius 3 is 2.48 bits per heavy atom. The Labute approximate surface area is 161 Å². The molecule has 0 aliphatic heterocycles. The fourth-order valence-corrected chi connectivity index (χ4v) is 4.71. The van der Waals surface area contributed by atoms with Crippen molar-refractivity contribution in [3.63, 3.8) is 0 Å². The summed E-state index contributed by atoms with van der Waals surface area (Å²) in [6.45, 7) is 0. The minimum atomic E-state index is -0.681. The van der Waals surface area contributed by atoms with E-state index in [0.29, 0.717) is 18.9 Å². The number of hydrogen-bond acceptors (Lipinski definition) is 5. The van der Waals surface area contributed by atoms with Crippen LogP contribution < -0.4 is 5.73 Å². The predicted octanol–water partition coefficient (Wildman–Crippen LogP) is 4.77. The highest BCUT2D eigenvalue weighted by Crippen LogP contribution is 2.37. The van der Waals surface area contributed by atoms with Crippen LogP contribution in [0.4, 0.5) is 4.39 Å². The molecular formula is C16H11ClFN3OS3. The molecule has 1 amide bonds. The van der Waals surface area contributed by atoms with Gasteiger partial charge in [0.05, 0.1) is 5.69 Å². The Kier molecular flexibility index (Phi) is 5.53. The van der Waals surface area contributed by atoms with Gasteiger partial charge in [0, 0.05) is 5.02 Å². The first-order valence-corrected chi connectivity index (χ1v) is 9.50. The molecule has 4 nitrogen and oxygen atoms in total. The maximum absolute atomic E-state index is 13.1. The Hall–Kier alpha value is -1.74. The number of carbonyl (C=O) groups is 1. The highest BCUT2D eigenvalue weighted by molar-refractivity contribution is 8.02. The van der Waals surface area contributed by atoms with Crippen LogP contribution >= 0.6 is 46.9 Å². The Morgan fingerprint density at radius 2 is 1.88 bits per heavy atom. The normalized spacial score (nSPS) is 12.1. The lowest BCUT2D eigenvalue weighted by molar-refractivity contribution is -0.117. The van der Waals surface area contributed by atoms with Crippen LogP contribution in [0.2, 0.25) is 5.02 Å². The quantitative estimate of drug-likeness (QED) is 0.485. The van der Waals surface area contributed by atoms with Gasteiger partial charge in [0.15, 0.2) is 8.29 Å². The lowest BCUT2D eigenvalue weighted by atomic mass is 10.1. The smallest absolute Gasteiger partial charge is 0.235 e. The van der Waals surface area contributed by atoms with E-state index in [1.165, 1.54) is 47.4 Å². The van der Waals surface area contributed by atoms with Crippen molar-refractivity contribution >= 4 is 52.8 Å². The van der Waals surface area contributed by atoms with Crippen molar-refractivity contribution in [2.24, 2.45) is 5.73 Å². The predicted molar refractivity (Wildman–Crippen MR) is 101 cm³/mol. The molecule has 0 aliphatic carbocycles. The second-order valence-corrected chi connectivity index (χ2v) is 8.39. The van der Waals surface area contributed by atoms with E-state index in [4.69, 9.17) is 29.6 Å². The van der Waals surface area contributed by atoms with E-state index in [2.05, 4.69) is 5.10 Å². The Bertz CT molecular complexity index is 954. The molecule has 25 heavy (non-hydrogen) atoms. The summed E-state index contributed by atoms with van der Waals surface area (Å²) >= 11 is 13.7. The molecule has 128 valence electrons. The van der Waals surface area contributed by atoms with Crippen LogP contribution in [-0.2, 0) is 4.79 Å². The second-order valence-electron chi connectivity index (χ2n) is 4.97. The minimum Gasteiger partial charge on any atom is -0.368 e. The Morgan fingerprint density at radius 1 is 1.24 bits per heavy atom. The number of rotatable bonds is 5. The van der Waals surface area contributed by atoms with Crippen molar-refractivity contribution in [1.29, 1.82) is 0 Å². The molecule has 1 aromatic heterocycles. The summed E-state index contributed by atoms with van der Waals surface area (Å²) < 4.78 is 15.8. The van der Waals surface area contributed by atoms with Crippen molar-refractivity contribution in [3.8, 4) is 5.69 Å². The zero-order chi connectivity index (χ0) is 18.0. The van der Waals surface area contributed by atoms with Crippen molar-refractivity contribution in [2.45, 2.75) is 9.59 Å². The van der Waals surface area contributed by atoms with E-state index < -0.39 is 11.2 Å². The number of benzene rings is 2. The molecule has 2 aromatic carbocycles. The molecule has 1 heterocycles. The number of thioether (sulfide) groups is 1. The van der Waals surface area contributed by atoms with Crippen molar-refractivity contribution in [3.05, 3.63) is 68.9 Å². The topological polar surface area (TPSA) is 60.9 Å². The lowest BCUT2D eigenvalue weighted by Gasteiger charge is -2.11. The van der Waals surface area contributed by atoms with Gasteiger partial charge >= 0.3 is 0 Å². The number of hydrogen-bond donors (Lipinski definition) is 1. The van der Waals surface area contributed by atoms with Crippen molar-refractivity contribution < 1.29 is 9.18 Å². The van der Waals surface area contributed by atoms with Gasteiger partial charge in [-0.2, -0.15) is 0 Å². The summed E-state index contributed by atoms with van der Waals surface area (Å²) in [6, 6.07) is 12.8. The van der Waals surface area contributed by atoms with E-state index in [1.54, 1.807) is 28.9 Å². The fraction of sp³-hybridized carbons (Fsp3) is 0.0625. The maximum Gasteiger partial charge on any atom is 0.235 e. The largest absolute Gasteiger partial charge is 0.368 e. The second kappa shape index (κ2) is 7.65. The lowest BCUT2D eigenvalue weighted by Crippen LogP contribution is -2.18. The van der Waals surface area contributed by atoms with Crippen LogP contribution in [0.5, 0.6) is 0 Å². The van der Waals surface area contributed by atoms with E-state index in [-0.39, 0.29) is 5.82 Å². The molecule has 0 saturated carbocycles. The number of halogens is 2. The summed E-state index contributed by atoms with van der Waals surface area (Å²) in [5, 5.41) is 4.38. The van der Waals surface area contributed by atoms with Crippen LogP contribution in [0, 0.1) is 9.77 Å². The molecule has 1 atom stereocenters. The molecule has 3 rings (SSSR count). The van der Waals surface area contributed by atoms with Crippen LogP contribution in [0.15, 0.2) is 52.9 Å². The molecule has 9 heteroatoms. The van der Waals surface area contributed by atoms with Crippen molar-refractivity contribution in [2.75, 3.05) is 0 Å². The van der Waals surface area contributed by atoms with E-state index >= 15 is 0 Å². The highest BCUT2D eigenvalue weighted by Gasteiger charge is 2.22. The molecule has 0 unspecified atom stereocenters. The molecule has 0 saturated heterocycles. The van der Waals surface area contributed by atoms with Gasteiger partial charge in [0.25, 0.3) is 0 Å². The molecule has 3 aromatic rings. The van der Waals surface area contributed by atoms with Gasteiger partial charge in [0.2, 0.25) is 5.91 Å². The van der Waals surface area contributed by atoms with Gasteiger partial charge in [-0.15, -0.1) is 5.10 Å². The number of amides is 1. The standard InChI is InChI=1S/C16H11ClFN3OS3/c17-10-3-7-12(8-4-10)21-16(23)25-15(20-21)24-13(14(19)22)9-1-5-11(18)6-2-9/h1-8,13H,(H2,19,22)/t13-/m1/s1. The monoisotopic (exact) mass is 411 g/mol. The molecule has 0 aliphatic rings. The summed E-state index contributed by atoms with van der Waals surface area (Å²) in [6.07, 6.45) is 0. The average Bonchev–Trinajstić information content (AvgIpc) is 2.95. The molecule has 0 bridgehead atoms. The zero-order valence-corrected chi connectivity index (χ0v) is 15.8. The van der Waals surface area contributed by atoms with E-state index in [1.807, 2.05) is 0 Å². The third kappa shape index (κ3) is 4.27. The zero-order valence-electron chi connectivity index (χ0n) is 12.6. The SMILES string of the molecule is NC(=O)[C@H](Sc1nn(-c2ccc(Cl)cc2)c(=S)s1)c1ccc(F)cc1. The fourth-order valence-electron chi connectivity index (χ4n) is 2.08. The van der Waals surface area contributed by atoms with Gasteiger partial charge in [-0.25, -0.2) is 9.07 Å². The van der Waals surface area contributed by atoms with Crippen LogP contribution in [-0.4, -0.2) is 15.7 Å². The first-order chi connectivity index (χ1) is 11.9. The summed E-state index contributed by atoms with van der Waals surface area (Å²) in [5.74, 6) is -0.907.